The molecule has 1 aromatic rings. The molecule has 1 atom stereocenters. The largest absolute Gasteiger partial charge is 0.478 e. The minimum absolute atomic E-state index is 0.418. The first-order valence-electron chi connectivity index (χ1n) is 6.67. The van der Waals surface area contributed by atoms with Gasteiger partial charge in [-0.3, -0.25) is 0 Å². The second-order valence-corrected chi connectivity index (χ2v) is 4.81. The lowest BCUT2D eigenvalue weighted by atomic mass is 10.0. The molecule has 0 saturated carbocycles. The molecular weight excluding hydrogens is 226 g/mol. The number of carboxylic acid groups (broad SMARTS) is 1. The fraction of sp³-hybridized carbons (Fsp3) is 0.533. The van der Waals surface area contributed by atoms with Crippen LogP contribution in [0.15, 0.2) is 24.3 Å². The van der Waals surface area contributed by atoms with Gasteiger partial charge in [-0.1, -0.05) is 38.5 Å². The SMILES string of the molecule is CCCC(C)CNCCc1ccccc1C(=O)O. The minimum atomic E-state index is -0.843. The summed E-state index contributed by atoms with van der Waals surface area (Å²) in [6.07, 6.45) is 3.21. The van der Waals surface area contributed by atoms with Crippen LogP contribution in [-0.4, -0.2) is 24.2 Å². The molecule has 0 aliphatic carbocycles. The molecule has 0 amide bonds. The van der Waals surface area contributed by atoms with E-state index in [0.717, 1.165) is 25.1 Å². The number of nitrogens with one attached hydrogen (secondary N) is 1. The summed E-state index contributed by atoms with van der Waals surface area (Å²) < 4.78 is 0. The van der Waals surface area contributed by atoms with Crippen LogP contribution in [0.1, 0.15) is 42.6 Å². The fourth-order valence-corrected chi connectivity index (χ4v) is 2.11. The lowest BCUT2D eigenvalue weighted by Gasteiger charge is -2.12. The molecule has 0 aliphatic rings. The van der Waals surface area contributed by atoms with Crippen LogP contribution in [0.5, 0.6) is 0 Å². The van der Waals surface area contributed by atoms with Gasteiger partial charge in [-0.15, -0.1) is 0 Å². The molecule has 100 valence electrons. The van der Waals surface area contributed by atoms with Crippen molar-refractivity contribution in [1.29, 1.82) is 0 Å². The highest BCUT2D eigenvalue weighted by molar-refractivity contribution is 5.89. The van der Waals surface area contributed by atoms with Gasteiger partial charge >= 0.3 is 5.97 Å². The number of hydrogen-bond donors (Lipinski definition) is 2. The van der Waals surface area contributed by atoms with Gasteiger partial charge in [0.2, 0.25) is 0 Å². The molecule has 0 spiro atoms. The summed E-state index contributed by atoms with van der Waals surface area (Å²) in [4.78, 5) is 11.0. The second kappa shape index (κ2) is 7.88. The summed E-state index contributed by atoms with van der Waals surface area (Å²) in [5.74, 6) is -0.158. The van der Waals surface area contributed by atoms with Gasteiger partial charge in [0.25, 0.3) is 0 Å². The van der Waals surface area contributed by atoms with Crippen LogP contribution < -0.4 is 5.32 Å². The number of carbonyl (C=O) groups is 1. The fourth-order valence-electron chi connectivity index (χ4n) is 2.11. The maximum absolute atomic E-state index is 11.0. The summed E-state index contributed by atoms with van der Waals surface area (Å²) in [6.45, 7) is 6.27. The van der Waals surface area contributed by atoms with Crippen molar-refractivity contribution in [2.45, 2.75) is 33.1 Å². The monoisotopic (exact) mass is 249 g/mol. The summed E-state index contributed by atoms with van der Waals surface area (Å²) in [5.41, 5.74) is 1.32. The highest BCUT2D eigenvalue weighted by Gasteiger charge is 2.08. The van der Waals surface area contributed by atoms with E-state index in [9.17, 15) is 4.79 Å². The second-order valence-electron chi connectivity index (χ2n) is 4.81. The van der Waals surface area contributed by atoms with Crippen LogP contribution in [0, 0.1) is 5.92 Å². The van der Waals surface area contributed by atoms with Gasteiger partial charge in [0.05, 0.1) is 5.56 Å². The van der Waals surface area contributed by atoms with Crippen molar-refractivity contribution in [3.05, 3.63) is 35.4 Å². The van der Waals surface area contributed by atoms with Crippen LogP contribution in [0.2, 0.25) is 0 Å². The lowest BCUT2D eigenvalue weighted by molar-refractivity contribution is 0.0695. The Hall–Kier alpha value is -1.35. The van der Waals surface area contributed by atoms with Gasteiger partial charge in [0.15, 0.2) is 0 Å². The Bertz CT molecular complexity index is 377. The Morgan fingerprint density at radius 3 is 2.78 bits per heavy atom. The first kappa shape index (κ1) is 14.7. The average molecular weight is 249 g/mol. The van der Waals surface area contributed by atoms with Gasteiger partial charge in [-0.05, 0) is 43.5 Å². The molecule has 0 heterocycles. The number of benzene rings is 1. The van der Waals surface area contributed by atoms with E-state index in [4.69, 9.17) is 5.11 Å². The molecule has 0 fully saturated rings. The molecule has 2 N–H and O–H groups in total. The maximum atomic E-state index is 11.0. The van der Waals surface area contributed by atoms with Crippen molar-refractivity contribution in [2.24, 2.45) is 5.92 Å². The van der Waals surface area contributed by atoms with E-state index in [2.05, 4.69) is 19.2 Å². The van der Waals surface area contributed by atoms with Crippen LogP contribution in [0.25, 0.3) is 0 Å². The number of rotatable bonds is 8. The summed E-state index contributed by atoms with van der Waals surface area (Å²) in [6, 6.07) is 7.21. The van der Waals surface area contributed by atoms with Crippen LogP contribution in [0.4, 0.5) is 0 Å². The number of carboxylic acids is 1. The van der Waals surface area contributed by atoms with E-state index < -0.39 is 5.97 Å². The van der Waals surface area contributed by atoms with E-state index in [0.29, 0.717) is 11.5 Å². The first-order chi connectivity index (χ1) is 8.65. The predicted octanol–water partition coefficient (Wildman–Crippen LogP) is 2.95. The summed E-state index contributed by atoms with van der Waals surface area (Å²) in [7, 11) is 0. The quantitative estimate of drug-likeness (QED) is 0.696. The van der Waals surface area contributed by atoms with E-state index in [1.54, 1.807) is 12.1 Å². The standard InChI is InChI=1S/C15H23NO2/c1-3-6-12(2)11-16-10-9-13-7-4-5-8-14(13)15(17)18/h4-5,7-8,12,16H,3,6,9-11H2,1-2H3,(H,17,18). The molecule has 1 unspecified atom stereocenters. The van der Waals surface area contributed by atoms with Crippen LogP contribution in [-0.2, 0) is 6.42 Å². The van der Waals surface area contributed by atoms with Gasteiger partial charge in [-0.25, -0.2) is 4.79 Å². The Balaban J connectivity index is 2.37. The molecular formula is C15H23NO2. The smallest absolute Gasteiger partial charge is 0.335 e. The average Bonchev–Trinajstić information content (AvgIpc) is 2.35. The van der Waals surface area contributed by atoms with Crippen molar-refractivity contribution >= 4 is 5.97 Å². The summed E-state index contributed by atoms with van der Waals surface area (Å²) in [5, 5.41) is 12.5. The lowest BCUT2D eigenvalue weighted by Crippen LogP contribution is -2.24. The minimum Gasteiger partial charge on any atom is -0.478 e. The van der Waals surface area contributed by atoms with Gasteiger partial charge in [-0.2, -0.15) is 0 Å². The van der Waals surface area contributed by atoms with E-state index >= 15 is 0 Å². The molecule has 3 nitrogen and oxygen atoms in total. The van der Waals surface area contributed by atoms with Gasteiger partial charge in [0.1, 0.15) is 0 Å². The van der Waals surface area contributed by atoms with E-state index in [1.807, 2.05) is 12.1 Å². The Kier molecular flexibility index (Phi) is 6.44. The van der Waals surface area contributed by atoms with Crippen molar-refractivity contribution < 1.29 is 9.90 Å². The van der Waals surface area contributed by atoms with Gasteiger partial charge < -0.3 is 10.4 Å². The molecule has 0 bridgehead atoms. The zero-order valence-corrected chi connectivity index (χ0v) is 11.3. The first-order valence-corrected chi connectivity index (χ1v) is 6.67. The van der Waals surface area contributed by atoms with Crippen molar-refractivity contribution in [3.8, 4) is 0 Å². The number of hydrogen-bond acceptors (Lipinski definition) is 2. The van der Waals surface area contributed by atoms with Crippen molar-refractivity contribution in [3.63, 3.8) is 0 Å². The van der Waals surface area contributed by atoms with E-state index in [-0.39, 0.29) is 0 Å². The normalized spacial score (nSPS) is 12.3. The highest BCUT2D eigenvalue weighted by Crippen LogP contribution is 2.09. The third-order valence-corrected chi connectivity index (χ3v) is 3.09. The van der Waals surface area contributed by atoms with Crippen molar-refractivity contribution in [2.75, 3.05) is 13.1 Å². The Morgan fingerprint density at radius 2 is 2.11 bits per heavy atom. The topological polar surface area (TPSA) is 49.3 Å². The van der Waals surface area contributed by atoms with Crippen LogP contribution in [0.3, 0.4) is 0 Å². The zero-order valence-electron chi connectivity index (χ0n) is 11.3. The van der Waals surface area contributed by atoms with Crippen LogP contribution >= 0.6 is 0 Å². The highest BCUT2D eigenvalue weighted by atomic mass is 16.4. The molecule has 0 aliphatic heterocycles. The summed E-state index contributed by atoms with van der Waals surface area (Å²) >= 11 is 0. The Labute approximate surface area is 109 Å². The zero-order chi connectivity index (χ0) is 13.4. The van der Waals surface area contributed by atoms with E-state index in [1.165, 1.54) is 12.8 Å². The third-order valence-electron chi connectivity index (χ3n) is 3.09. The van der Waals surface area contributed by atoms with Crippen molar-refractivity contribution in [1.82, 2.24) is 5.32 Å². The molecule has 0 aromatic heterocycles. The molecule has 1 aromatic carbocycles. The molecule has 3 heteroatoms. The predicted molar refractivity (Wildman–Crippen MR) is 74.0 cm³/mol. The molecule has 1 rings (SSSR count). The Morgan fingerprint density at radius 1 is 1.39 bits per heavy atom. The number of aromatic carboxylic acids is 1. The molecule has 18 heavy (non-hydrogen) atoms. The molecule has 0 saturated heterocycles. The van der Waals surface area contributed by atoms with Gasteiger partial charge in [0, 0.05) is 0 Å². The molecule has 0 radical (unpaired) electrons. The third kappa shape index (κ3) is 4.88. The maximum Gasteiger partial charge on any atom is 0.335 e.